The van der Waals surface area contributed by atoms with Gasteiger partial charge in [-0.3, -0.25) is 9.82 Å². The molecule has 24 heavy (non-hydrogen) atoms. The lowest BCUT2D eigenvalue weighted by atomic mass is 10.0. The third kappa shape index (κ3) is 4.14. The normalized spacial score (nSPS) is 12.6. The van der Waals surface area contributed by atoms with Gasteiger partial charge in [0, 0.05) is 11.8 Å². The summed E-state index contributed by atoms with van der Waals surface area (Å²) in [6, 6.07) is 7.20. The number of rotatable bonds is 7. The Hall–Kier alpha value is -2.35. The maximum atomic E-state index is 12.4. The summed E-state index contributed by atoms with van der Waals surface area (Å²) in [5, 5.41) is 6.86. The average Bonchev–Trinajstić information content (AvgIpc) is 3.02. The second-order valence-electron chi connectivity index (χ2n) is 5.52. The van der Waals surface area contributed by atoms with Crippen LogP contribution in [0.5, 0.6) is 0 Å². The molecule has 0 aliphatic carbocycles. The van der Waals surface area contributed by atoms with E-state index in [1.807, 2.05) is 0 Å². The zero-order chi connectivity index (χ0) is 17.7. The molecule has 0 saturated carbocycles. The SMILES string of the molecule is CCC[C@H](C)c1cc(NS(=O)(=O)c2ccc(C(=O)OC)cc2)n[nH]1. The highest BCUT2D eigenvalue weighted by atomic mass is 32.2. The monoisotopic (exact) mass is 351 g/mol. The van der Waals surface area contributed by atoms with Crippen LogP contribution in [0.15, 0.2) is 35.2 Å². The molecule has 1 aromatic heterocycles. The fourth-order valence-electron chi connectivity index (χ4n) is 2.31. The lowest BCUT2D eigenvalue weighted by Crippen LogP contribution is -2.13. The molecule has 0 amide bonds. The van der Waals surface area contributed by atoms with Gasteiger partial charge in [0.15, 0.2) is 5.82 Å². The molecule has 2 aromatic rings. The third-order valence-corrected chi connectivity index (χ3v) is 5.05. The van der Waals surface area contributed by atoms with Crippen molar-refractivity contribution in [2.45, 2.75) is 37.5 Å². The van der Waals surface area contributed by atoms with Gasteiger partial charge in [-0.05, 0) is 36.6 Å². The van der Waals surface area contributed by atoms with Crippen LogP contribution in [0.4, 0.5) is 5.82 Å². The number of sulfonamides is 1. The average molecular weight is 351 g/mol. The predicted molar refractivity (Wildman–Crippen MR) is 90.5 cm³/mol. The van der Waals surface area contributed by atoms with Crippen molar-refractivity contribution in [2.75, 3.05) is 11.8 Å². The third-order valence-electron chi connectivity index (χ3n) is 3.67. The van der Waals surface area contributed by atoms with Crippen LogP contribution in [0.25, 0.3) is 0 Å². The minimum Gasteiger partial charge on any atom is -0.465 e. The number of esters is 1. The van der Waals surface area contributed by atoms with Gasteiger partial charge in [-0.25, -0.2) is 13.2 Å². The molecule has 0 fully saturated rings. The number of nitrogens with one attached hydrogen (secondary N) is 2. The Kier molecular flexibility index (Phi) is 5.61. The Labute approximate surface area is 141 Å². The molecular weight excluding hydrogens is 330 g/mol. The Balaban J connectivity index is 2.15. The summed E-state index contributed by atoms with van der Waals surface area (Å²) in [6.07, 6.45) is 2.02. The first-order valence-corrected chi connectivity index (χ1v) is 9.12. The number of aromatic amines is 1. The molecule has 1 atom stereocenters. The van der Waals surface area contributed by atoms with Crippen molar-refractivity contribution in [1.82, 2.24) is 10.2 Å². The maximum absolute atomic E-state index is 12.4. The van der Waals surface area contributed by atoms with Crippen LogP contribution in [0.1, 0.15) is 48.7 Å². The quantitative estimate of drug-likeness (QED) is 0.747. The largest absolute Gasteiger partial charge is 0.465 e. The van der Waals surface area contributed by atoms with E-state index in [4.69, 9.17) is 0 Å². The molecule has 0 aliphatic rings. The lowest BCUT2D eigenvalue weighted by molar-refractivity contribution is 0.0600. The maximum Gasteiger partial charge on any atom is 0.337 e. The van der Waals surface area contributed by atoms with E-state index in [9.17, 15) is 13.2 Å². The number of hydrogen-bond donors (Lipinski definition) is 2. The molecule has 0 aliphatic heterocycles. The van der Waals surface area contributed by atoms with E-state index in [0.717, 1.165) is 18.5 Å². The van der Waals surface area contributed by atoms with E-state index in [-0.39, 0.29) is 22.2 Å². The highest BCUT2D eigenvalue weighted by Gasteiger charge is 2.18. The summed E-state index contributed by atoms with van der Waals surface area (Å²) < 4.78 is 31.8. The second kappa shape index (κ2) is 7.48. The number of nitrogens with zero attached hydrogens (tertiary/aromatic N) is 1. The number of ether oxygens (including phenoxy) is 1. The van der Waals surface area contributed by atoms with Gasteiger partial charge in [-0.15, -0.1) is 0 Å². The minimum absolute atomic E-state index is 0.0429. The second-order valence-corrected chi connectivity index (χ2v) is 7.20. The van der Waals surface area contributed by atoms with Crippen molar-refractivity contribution >= 4 is 21.8 Å². The van der Waals surface area contributed by atoms with Crippen molar-refractivity contribution in [1.29, 1.82) is 0 Å². The van der Waals surface area contributed by atoms with E-state index >= 15 is 0 Å². The standard InChI is InChI=1S/C16H21N3O4S/c1-4-5-11(2)14-10-15(18-17-14)19-24(21,22)13-8-6-12(7-9-13)16(20)23-3/h6-11H,4-5H2,1-3H3,(H2,17,18,19)/t11-/m0/s1. The molecule has 7 nitrogen and oxygen atoms in total. The van der Waals surface area contributed by atoms with Crippen LogP contribution in [-0.4, -0.2) is 31.7 Å². The summed E-state index contributed by atoms with van der Waals surface area (Å²) in [5.41, 5.74) is 1.17. The molecule has 0 spiro atoms. The van der Waals surface area contributed by atoms with E-state index < -0.39 is 16.0 Å². The van der Waals surface area contributed by atoms with Crippen LogP contribution in [0.3, 0.4) is 0 Å². The van der Waals surface area contributed by atoms with E-state index in [0.29, 0.717) is 0 Å². The van der Waals surface area contributed by atoms with Crippen LogP contribution in [-0.2, 0) is 14.8 Å². The van der Waals surface area contributed by atoms with E-state index in [2.05, 4.69) is 33.5 Å². The van der Waals surface area contributed by atoms with Gasteiger partial charge in [-0.1, -0.05) is 20.3 Å². The first-order valence-electron chi connectivity index (χ1n) is 7.64. The van der Waals surface area contributed by atoms with Crippen LogP contribution >= 0.6 is 0 Å². The van der Waals surface area contributed by atoms with Gasteiger partial charge < -0.3 is 4.74 Å². The molecule has 0 bridgehead atoms. The number of H-pyrrole nitrogens is 1. The van der Waals surface area contributed by atoms with Crippen molar-refractivity contribution < 1.29 is 17.9 Å². The van der Waals surface area contributed by atoms with Crippen LogP contribution < -0.4 is 4.72 Å². The Morgan fingerprint density at radius 3 is 2.58 bits per heavy atom. The highest BCUT2D eigenvalue weighted by Crippen LogP contribution is 2.22. The van der Waals surface area contributed by atoms with Crippen molar-refractivity contribution in [3.8, 4) is 0 Å². The molecule has 0 radical (unpaired) electrons. The summed E-state index contributed by atoms with van der Waals surface area (Å²) in [5.74, 6) is -0.00106. The number of anilines is 1. The molecule has 0 saturated heterocycles. The van der Waals surface area contributed by atoms with Crippen LogP contribution in [0, 0.1) is 0 Å². The number of carbonyl (C=O) groups excluding carboxylic acids is 1. The van der Waals surface area contributed by atoms with Gasteiger partial charge >= 0.3 is 5.97 Å². The van der Waals surface area contributed by atoms with Gasteiger partial charge in [-0.2, -0.15) is 5.10 Å². The Morgan fingerprint density at radius 2 is 2.00 bits per heavy atom. The molecule has 2 N–H and O–H groups in total. The lowest BCUT2D eigenvalue weighted by Gasteiger charge is -2.07. The Bertz CT molecular complexity index is 797. The molecule has 1 heterocycles. The van der Waals surface area contributed by atoms with E-state index in [1.165, 1.54) is 31.4 Å². The summed E-state index contributed by atoms with van der Waals surface area (Å²) in [7, 11) is -2.50. The van der Waals surface area contributed by atoms with Gasteiger partial charge in [0.2, 0.25) is 0 Å². The van der Waals surface area contributed by atoms with Gasteiger partial charge in [0.05, 0.1) is 17.6 Å². The highest BCUT2D eigenvalue weighted by molar-refractivity contribution is 7.92. The van der Waals surface area contributed by atoms with Crippen molar-refractivity contribution in [2.24, 2.45) is 0 Å². The number of aromatic nitrogens is 2. The number of hydrogen-bond acceptors (Lipinski definition) is 5. The molecule has 2 rings (SSSR count). The summed E-state index contributed by atoms with van der Waals surface area (Å²) in [4.78, 5) is 11.4. The molecule has 1 aromatic carbocycles. The number of carbonyl (C=O) groups is 1. The van der Waals surface area contributed by atoms with Crippen LogP contribution in [0.2, 0.25) is 0 Å². The molecule has 130 valence electrons. The predicted octanol–water partition coefficient (Wildman–Crippen LogP) is 2.90. The van der Waals surface area contributed by atoms with Gasteiger partial charge in [0.1, 0.15) is 0 Å². The number of benzene rings is 1. The molecule has 8 heteroatoms. The van der Waals surface area contributed by atoms with Gasteiger partial charge in [0.25, 0.3) is 10.0 Å². The zero-order valence-electron chi connectivity index (χ0n) is 13.9. The smallest absolute Gasteiger partial charge is 0.337 e. The summed E-state index contributed by atoms with van der Waals surface area (Å²) in [6.45, 7) is 4.15. The fourth-order valence-corrected chi connectivity index (χ4v) is 3.31. The first-order chi connectivity index (χ1) is 11.4. The number of methoxy groups -OCH3 is 1. The molecule has 0 unspecified atom stereocenters. The van der Waals surface area contributed by atoms with Crippen molar-refractivity contribution in [3.63, 3.8) is 0 Å². The Morgan fingerprint density at radius 1 is 1.33 bits per heavy atom. The topological polar surface area (TPSA) is 101 Å². The van der Waals surface area contributed by atoms with E-state index in [1.54, 1.807) is 6.07 Å². The van der Waals surface area contributed by atoms with Crippen molar-refractivity contribution in [3.05, 3.63) is 41.6 Å². The first kappa shape index (κ1) is 18.0. The fraction of sp³-hybridized carbons (Fsp3) is 0.375. The molecular formula is C16H21N3O4S. The minimum atomic E-state index is -3.77. The zero-order valence-corrected chi connectivity index (χ0v) is 14.7. The summed E-state index contributed by atoms with van der Waals surface area (Å²) >= 11 is 0.